The Labute approximate surface area is 148 Å². The van der Waals surface area contributed by atoms with Crippen LogP contribution in [0, 0.1) is 10.1 Å². The van der Waals surface area contributed by atoms with Crippen molar-refractivity contribution in [2.24, 2.45) is 0 Å². The van der Waals surface area contributed by atoms with E-state index in [1.807, 2.05) is 0 Å². The third-order valence-corrected chi connectivity index (χ3v) is 3.69. The zero-order chi connectivity index (χ0) is 18.7. The Hall–Kier alpha value is -3.68. The zero-order valence-corrected chi connectivity index (χ0v) is 13.8. The van der Waals surface area contributed by atoms with Crippen molar-refractivity contribution >= 4 is 35.0 Å². The van der Waals surface area contributed by atoms with Gasteiger partial charge >= 0.3 is 0 Å². The van der Waals surface area contributed by atoms with Crippen LogP contribution in [0.1, 0.15) is 12.5 Å². The number of benzene rings is 2. The maximum Gasteiger partial charge on any atom is 0.270 e. The number of anilines is 2. The summed E-state index contributed by atoms with van der Waals surface area (Å²) in [6, 6.07) is 10.9. The number of carbonyl (C=O) groups excluding carboxylic acids is 2. The van der Waals surface area contributed by atoms with Gasteiger partial charge in [0.2, 0.25) is 5.91 Å². The van der Waals surface area contributed by atoms with Gasteiger partial charge in [-0.2, -0.15) is 0 Å². The van der Waals surface area contributed by atoms with Gasteiger partial charge in [-0.3, -0.25) is 19.7 Å². The van der Waals surface area contributed by atoms with Crippen LogP contribution in [0.3, 0.4) is 0 Å². The number of nitrogens with zero attached hydrogens (tertiary/aromatic N) is 1. The number of carbonyl (C=O) groups is 2. The van der Waals surface area contributed by atoms with Crippen molar-refractivity contribution in [1.82, 2.24) is 0 Å². The van der Waals surface area contributed by atoms with Crippen LogP contribution in [0.15, 0.2) is 48.5 Å². The minimum Gasteiger partial charge on any atom is -0.479 e. The topological polar surface area (TPSA) is 111 Å². The molecule has 0 fully saturated rings. The van der Waals surface area contributed by atoms with Crippen molar-refractivity contribution in [3.63, 3.8) is 0 Å². The molecule has 2 aromatic carbocycles. The van der Waals surface area contributed by atoms with Crippen LogP contribution in [0.2, 0.25) is 0 Å². The average Bonchev–Trinajstić information content (AvgIpc) is 2.61. The summed E-state index contributed by atoms with van der Waals surface area (Å²) in [5.41, 5.74) is 1.45. The largest absolute Gasteiger partial charge is 0.479 e. The molecule has 1 aliphatic heterocycles. The fraction of sp³-hybridized carbons (Fsp3) is 0.111. The van der Waals surface area contributed by atoms with E-state index >= 15 is 0 Å². The van der Waals surface area contributed by atoms with Gasteiger partial charge in [-0.25, -0.2) is 0 Å². The van der Waals surface area contributed by atoms with E-state index in [0.717, 1.165) is 0 Å². The molecule has 2 N–H and O–H groups in total. The van der Waals surface area contributed by atoms with Crippen LogP contribution in [0.4, 0.5) is 17.1 Å². The molecular formula is C18H15N3O5. The molecule has 3 rings (SSSR count). The first-order valence-electron chi connectivity index (χ1n) is 7.77. The highest BCUT2D eigenvalue weighted by Gasteiger charge is 2.23. The van der Waals surface area contributed by atoms with Gasteiger partial charge in [0.25, 0.3) is 11.6 Å². The number of non-ortho nitro benzene ring substituents is 1. The normalized spacial score (nSPS) is 15.7. The molecule has 0 aliphatic carbocycles. The monoisotopic (exact) mass is 353 g/mol. The smallest absolute Gasteiger partial charge is 0.270 e. The third kappa shape index (κ3) is 3.86. The van der Waals surface area contributed by atoms with Crippen molar-refractivity contribution < 1.29 is 19.2 Å². The third-order valence-electron chi connectivity index (χ3n) is 3.69. The summed E-state index contributed by atoms with van der Waals surface area (Å²) in [7, 11) is 0. The van der Waals surface area contributed by atoms with Gasteiger partial charge in [0.05, 0.1) is 10.6 Å². The minimum absolute atomic E-state index is 0.0489. The summed E-state index contributed by atoms with van der Waals surface area (Å²) in [5, 5.41) is 16.1. The van der Waals surface area contributed by atoms with Gasteiger partial charge in [0.1, 0.15) is 5.75 Å². The molecule has 1 unspecified atom stereocenters. The van der Waals surface area contributed by atoms with Crippen molar-refractivity contribution in [2.75, 3.05) is 10.6 Å². The lowest BCUT2D eigenvalue weighted by Gasteiger charge is -2.23. The summed E-state index contributed by atoms with van der Waals surface area (Å²) in [6.07, 6.45) is 2.18. The Kier molecular flexibility index (Phi) is 4.66. The second-order valence-electron chi connectivity index (χ2n) is 5.63. The van der Waals surface area contributed by atoms with Gasteiger partial charge in [0.15, 0.2) is 6.10 Å². The first kappa shape index (κ1) is 17.2. The van der Waals surface area contributed by atoms with E-state index in [-0.39, 0.29) is 11.6 Å². The van der Waals surface area contributed by atoms with Gasteiger partial charge < -0.3 is 15.4 Å². The highest BCUT2D eigenvalue weighted by Crippen LogP contribution is 2.32. The maximum atomic E-state index is 12.0. The zero-order valence-electron chi connectivity index (χ0n) is 13.8. The van der Waals surface area contributed by atoms with Crippen molar-refractivity contribution in [3.8, 4) is 5.75 Å². The quantitative estimate of drug-likeness (QED) is 0.499. The van der Waals surface area contributed by atoms with E-state index in [2.05, 4.69) is 10.6 Å². The van der Waals surface area contributed by atoms with Crippen molar-refractivity contribution in [2.45, 2.75) is 13.0 Å². The van der Waals surface area contributed by atoms with Crippen LogP contribution >= 0.6 is 0 Å². The molecule has 0 aromatic heterocycles. The van der Waals surface area contributed by atoms with E-state index in [0.29, 0.717) is 22.7 Å². The molecule has 8 nitrogen and oxygen atoms in total. The Bertz CT molecular complexity index is 923. The fourth-order valence-electron chi connectivity index (χ4n) is 2.38. The lowest BCUT2D eigenvalue weighted by molar-refractivity contribution is -0.384. The summed E-state index contributed by atoms with van der Waals surface area (Å²) in [5.74, 6) is -0.137. The Morgan fingerprint density at radius 3 is 2.88 bits per heavy atom. The van der Waals surface area contributed by atoms with Gasteiger partial charge in [-0.15, -0.1) is 0 Å². The van der Waals surface area contributed by atoms with Crippen LogP contribution in [0.5, 0.6) is 5.75 Å². The number of nitrogens with one attached hydrogen (secondary N) is 2. The van der Waals surface area contributed by atoms with Crippen LogP contribution < -0.4 is 15.4 Å². The first-order chi connectivity index (χ1) is 12.4. The number of ether oxygens (including phenoxy) is 1. The molecule has 26 heavy (non-hydrogen) atoms. The molecule has 0 bridgehead atoms. The summed E-state index contributed by atoms with van der Waals surface area (Å²) < 4.78 is 5.45. The van der Waals surface area contributed by atoms with E-state index in [1.54, 1.807) is 37.3 Å². The van der Waals surface area contributed by atoms with Gasteiger partial charge in [0, 0.05) is 23.9 Å². The SMILES string of the molecule is CC1Oc2ccc(NC(=O)/C=C/c3cccc([N+](=O)[O-])c3)cc2NC1=O. The number of hydrogen-bond donors (Lipinski definition) is 2. The standard InChI is InChI=1S/C18H15N3O5/c1-11-18(23)20-15-10-13(6-7-16(15)26-11)19-17(22)8-5-12-3-2-4-14(9-12)21(24)25/h2-11H,1H3,(H,19,22)(H,20,23)/b8-5+. The maximum absolute atomic E-state index is 12.0. The molecule has 2 aromatic rings. The first-order valence-corrected chi connectivity index (χ1v) is 7.77. The highest BCUT2D eigenvalue weighted by atomic mass is 16.6. The van der Waals surface area contributed by atoms with Gasteiger partial charge in [-0.05, 0) is 36.8 Å². The van der Waals surface area contributed by atoms with Crippen molar-refractivity contribution in [1.29, 1.82) is 0 Å². The van der Waals surface area contributed by atoms with Crippen molar-refractivity contribution in [3.05, 3.63) is 64.2 Å². The summed E-state index contributed by atoms with van der Waals surface area (Å²) in [6.45, 7) is 1.65. The Morgan fingerprint density at radius 2 is 2.12 bits per heavy atom. The van der Waals surface area contributed by atoms with E-state index in [4.69, 9.17) is 4.74 Å². The summed E-state index contributed by atoms with van der Waals surface area (Å²) in [4.78, 5) is 33.9. The lowest BCUT2D eigenvalue weighted by atomic mass is 10.2. The lowest BCUT2D eigenvalue weighted by Crippen LogP contribution is -2.34. The molecule has 0 saturated heterocycles. The molecule has 0 spiro atoms. The second kappa shape index (κ2) is 7.06. The van der Waals surface area contributed by atoms with E-state index in [9.17, 15) is 19.7 Å². The Balaban J connectivity index is 1.69. The number of nitro groups is 1. The molecule has 1 heterocycles. The fourth-order valence-corrected chi connectivity index (χ4v) is 2.38. The molecular weight excluding hydrogens is 338 g/mol. The number of fused-ring (bicyclic) bond motifs is 1. The summed E-state index contributed by atoms with van der Waals surface area (Å²) >= 11 is 0. The molecule has 0 radical (unpaired) electrons. The molecule has 132 valence electrons. The second-order valence-corrected chi connectivity index (χ2v) is 5.63. The predicted molar refractivity (Wildman–Crippen MR) is 95.9 cm³/mol. The average molecular weight is 353 g/mol. The predicted octanol–water partition coefficient (Wildman–Crippen LogP) is 2.97. The number of hydrogen-bond acceptors (Lipinski definition) is 5. The van der Waals surface area contributed by atoms with Crippen LogP contribution in [-0.2, 0) is 9.59 Å². The molecule has 8 heteroatoms. The minimum atomic E-state index is -0.569. The highest BCUT2D eigenvalue weighted by molar-refractivity contribution is 6.03. The molecule has 1 atom stereocenters. The molecule has 0 saturated carbocycles. The molecule has 2 amide bonds. The van der Waals surface area contributed by atoms with Crippen LogP contribution in [0.25, 0.3) is 6.08 Å². The van der Waals surface area contributed by atoms with Gasteiger partial charge in [-0.1, -0.05) is 12.1 Å². The molecule has 1 aliphatic rings. The number of nitro benzene ring substituents is 1. The van der Waals surface area contributed by atoms with E-state index in [1.165, 1.54) is 24.3 Å². The Morgan fingerprint density at radius 1 is 1.31 bits per heavy atom. The van der Waals surface area contributed by atoms with Crippen LogP contribution in [-0.4, -0.2) is 22.8 Å². The number of rotatable bonds is 4. The number of amides is 2. The van der Waals surface area contributed by atoms with E-state index < -0.39 is 16.9 Å².